The van der Waals surface area contributed by atoms with Gasteiger partial charge in [0.2, 0.25) is 0 Å². The Bertz CT molecular complexity index is 97.4. The van der Waals surface area contributed by atoms with Crippen LogP contribution in [0.5, 0.6) is 0 Å². The monoisotopic (exact) mass is 143 g/mol. The maximum absolute atomic E-state index is 10.1. The Hall–Kier alpha value is -0.370. The Morgan fingerprint density at radius 2 is 2.10 bits per heavy atom. The maximum Gasteiger partial charge on any atom is 0.124 e. The van der Waals surface area contributed by atoms with Crippen molar-refractivity contribution >= 4 is 6.29 Å². The zero-order chi connectivity index (χ0) is 8.04. The third-order valence-electron chi connectivity index (χ3n) is 1.20. The molecule has 59 valence electrons. The molecular weight excluding hydrogens is 128 g/mol. The average molecular weight is 143 g/mol. The molecule has 0 amide bonds. The lowest BCUT2D eigenvalue weighted by molar-refractivity contribution is -0.106. The number of hydrogen-bond acceptors (Lipinski definition) is 2. The van der Waals surface area contributed by atoms with Gasteiger partial charge in [-0.2, -0.15) is 0 Å². The Morgan fingerprint density at radius 3 is 2.50 bits per heavy atom. The van der Waals surface area contributed by atoms with Gasteiger partial charge in [0, 0.05) is 13.0 Å². The smallest absolute Gasteiger partial charge is 0.124 e. The van der Waals surface area contributed by atoms with Gasteiger partial charge < -0.3 is 9.53 Å². The Balaban J connectivity index is 3.51. The van der Waals surface area contributed by atoms with Crippen molar-refractivity contribution in [3.63, 3.8) is 0 Å². The summed E-state index contributed by atoms with van der Waals surface area (Å²) in [5.74, 6) is 0. The molecule has 0 aliphatic heterocycles. The van der Waals surface area contributed by atoms with Crippen molar-refractivity contribution in [2.45, 2.75) is 20.8 Å². The van der Waals surface area contributed by atoms with Gasteiger partial charge in [0.15, 0.2) is 0 Å². The summed E-state index contributed by atoms with van der Waals surface area (Å²) in [5, 5.41) is 0. The highest BCUT2D eigenvalue weighted by molar-refractivity contribution is 5.62. The first-order chi connectivity index (χ1) is 4.62. The molecule has 0 N–H and O–H groups in total. The number of hydrogen-bond donors (Lipinski definition) is 0. The Kier molecular flexibility index (Phi) is 4.28. The molecule has 0 saturated heterocycles. The van der Waals surface area contributed by atoms with Crippen LogP contribution in [0.3, 0.4) is 0 Å². The molecule has 0 bridgehead atoms. The van der Waals surface area contributed by atoms with Crippen LogP contribution in [0.15, 0.2) is 0 Å². The summed E-state index contributed by atoms with van der Waals surface area (Å²) in [6.07, 6.45) is 2.43. The molecule has 0 aromatic rings. The lowest BCUT2D eigenvalue weighted by Gasteiger charge is -2.20. The SMILES string of the molecule is CCOCC(C)(C)[CH]C=O. The van der Waals surface area contributed by atoms with Crippen LogP contribution < -0.4 is 0 Å². The van der Waals surface area contributed by atoms with Crippen molar-refractivity contribution in [1.82, 2.24) is 0 Å². The second-order valence-electron chi connectivity index (χ2n) is 2.93. The van der Waals surface area contributed by atoms with Gasteiger partial charge in [0.25, 0.3) is 0 Å². The maximum atomic E-state index is 10.1. The summed E-state index contributed by atoms with van der Waals surface area (Å²) in [5.41, 5.74) is -0.113. The molecular formula is C8H15O2. The lowest BCUT2D eigenvalue weighted by atomic mass is 9.91. The standard InChI is InChI=1S/C8H15O2/c1-4-10-7-8(2,3)5-6-9/h5-6H,4,7H2,1-3H3. The van der Waals surface area contributed by atoms with E-state index in [4.69, 9.17) is 4.74 Å². The molecule has 0 heterocycles. The van der Waals surface area contributed by atoms with E-state index in [1.54, 1.807) is 6.42 Å². The van der Waals surface area contributed by atoms with Gasteiger partial charge >= 0.3 is 0 Å². The molecule has 0 rings (SSSR count). The Morgan fingerprint density at radius 1 is 1.50 bits per heavy atom. The van der Waals surface area contributed by atoms with Crippen molar-refractivity contribution in [3.8, 4) is 0 Å². The van der Waals surface area contributed by atoms with Crippen LogP contribution in [-0.4, -0.2) is 19.5 Å². The van der Waals surface area contributed by atoms with Gasteiger partial charge in [-0.05, 0) is 12.3 Å². The zero-order valence-electron chi connectivity index (χ0n) is 6.89. The predicted molar refractivity (Wildman–Crippen MR) is 40.6 cm³/mol. The van der Waals surface area contributed by atoms with Gasteiger partial charge in [-0.25, -0.2) is 0 Å². The predicted octanol–water partition coefficient (Wildman–Crippen LogP) is 1.45. The van der Waals surface area contributed by atoms with Gasteiger partial charge in [-0.1, -0.05) is 13.8 Å². The molecule has 0 spiro atoms. The minimum Gasteiger partial charge on any atom is -0.381 e. The number of rotatable bonds is 5. The summed E-state index contributed by atoms with van der Waals surface area (Å²) >= 11 is 0. The van der Waals surface area contributed by atoms with E-state index in [1.807, 2.05) is 20.8 Å². The van der Waals surface area contributed by atoms with Crippen molar-refractivity contribution in [1.29, 1.82) is 0 Å². The van der Waals surface area contributed by atoms with Gasteiger partial charge in [0.1, 0.15) is 6.29 Å². The highest BCUT2D eigenvalue weighted by Gasteiger charge is 2.16. The molecule has 0 atom stereocenters. The van der Waals surface area contributed by atoms with E-state index in [0.717, 1.165) is 6.29 Å². The quantitative estimate of drug-likeness (QED) is 0.544. The first kappa shape index (κ1) is 9.63. The van der Waals surface area contributed by atoms with E-state index in [-0.39, 0.29) is 5.41 Å². The van der Waals surface area contributed by atoms with E-state index in [1.165, 1.54) is 0 Å². The van der Waals surface area contributed by atoms with Crippen LogP contribution in [-0.2, 0) is 9.53 Å². The zero-order valence-corrected chi connectivity index (χ0v) is 6.89. The molecule has 1 radical (unpaired) electrons. The molecule has 0 aliphatic rings. The number of ether oxygens (including phenoxy) is 1. The van der Waals surface area contributed by atoms with Crippen LogP contribution in [0, 0.1) is 11.8 Å². The van der Waals surface area contributed by atoms with Crippen LogP contribution in [0.2, 0.25) is 0 Å². The van der Waals surface area contributed by atoms with Crippen LogP contribution in [0.25, 0.3) is 0 Å². The lowest BCUT2D eigenvalue weighted by Crippen LogP contribution is -2.20. The third-order valence-corrected chi connectivity index (χ3v) is 1.20. The molecule has 0 aliphatic carbocycles. The molecule has 0 aromatic heterocycles. The van der Waals surface area contributed by atoms with Crippen molar-refractivity contribution in [3.05, 3.63) is 6.42 Å². The van der Waals surface area contributed by atoms with Crippen molar-refractivity contribution in [2.75, 3.05) is 13.2 Å². The molecule has 0 unspecified atom stereocenters. The second-order valence-corrected chi connectivity index (χ2v) is 2.93. The molecule has 2 nitrogen and oxygen atoms in total. The normalized spacial score (nSPS) is 11.5. The summed E-state index contributed by atoms with van der Waals surface area (Å²) in [4.78, 5) is 10.1. The van der Waals surface area contributed by atoms with Gasteiger partial charge in [-0.15, -0.1) is 0 Å². The highest BCUT2D eigenvalue weighted by atomic mass is 16.5. The minimum absolute atomic E-state index is 0.113. The summed E-state index contributed by atoms with van der Waals surface area (Å²) in [6, 6.07) is 0. The van der Waals surface area contributed by atoms with Crippen molar-refractivity contribution < 1.29 is 9.53 Å². The first-order valence-electron chi connectivity index (χ1n) is 3.50. The van der Waals surface area contributed by atoms with Gasteiger partial charge in [0.05, 0.1) is 6.61 Å². The first-order valence-corrected chi connectivity index (χ1v) is 3.50. The molecule has 0 saturated carbocycles. The summed E-state index contributed by atoms with van der Waals surface area (Å²) in [6.45, 7) is 7.20. The van der Waals surface area contributed by atoms with Gasteiger partial charge in [-0.3, -0.25) is 0 Å². The molecule has 10 heavy (non-hydrogen) atoms. The minimum atomic E-state index is -0.113. The number of carbonyl (C=O) groups is 1. The molecule has 0 fully saturated rings. The van der Waals surface area contributed by atoms with Crippen LogP contribution in [0.1, 0.15) is 20.8 Å². The largest absolute Gasteiger partial charge is 0.381 e. The van der Waals surface area contributed by atoms with E-state index >= 15 is 0 Å². The van der Waals surface area contributed by atoms with E-state index in [2.05, 4.69) is 0 Å². The average Bonchev–Trinajstić information content (AvgIpc) is 1.84. The second kappa shape index (κ2) is 4.45. The van der Waals surface area contributed by atoms with E-state index in [0.29, 0.717) is 13.2 Å². The molecule has 0 aromatic carbocycles. The molecule has 2 heteroatoms. The fourth-order valence-corrected chi connectivity index (χ4v) is 0.597. The van der Waals surface area contributed by atoms with E-state index < -0.39 is 0 Å². The van der Waals surface area contributed by atoms with E-state index in [9.17, 15) is 4.79 Å². The highest BCUT2D eigenvalue weighted by Crippen LogP contribution is 2.17. The third kappa shape index (κ3) is 4.50. The topological polar surface area (TPSA) is 26.3 Å². The fraction of sp³-hybridized carbons (Fsp3) is 0.750. The summed E-state index contributed by atoms with van der Waals surface area (Å²) < 4.78 is 5.16. The van der Waals surface area contributed by atoms with Crippen molar-refractivity contribution in [2.24, 2.45) is 5.41 Å². The fourth-order valence-electron chi connectivity index (χ4n) is 0.597. The Labute approximate surface area is 62.6 Å². The number of carbonyl (C=O) groups excluding carboxylic acids is 1. The van der Waals surface area contributed by atoms with Crippen LogP contribution >= 0.6 is 0 Å². The number of aldehydes is 1. The van der Waals surface area contributed by atoms with Crippen LogP contribution in [0.4, 0.5) is 0 Å². The summed E-state index contributed by atoms with van der Waals surface area (Å²) in [7, 11) is 0.